The number of nitrogens with one attached hydrogen (secondary N) is 1. The van der Waals surface area contributed by atoms with Crippen molar-refractivity contribution in [3.05, 3.63) is 64.3 Å². The zero-order chi connectivity index (χ0) is 27.4. The molecule has 202 valence electrons. The number of sulfonamides is 1. The fraction of sp³-hybridized carbons (Fsp3) is 0.308. The molecular formula is C26H27ClFN3O6S. The maximum absolute atomic E-state index is 14.0. The maximum atomic E-state index is 14.0. The molecule has 1 N–H and O–H groups in total. The summed E-state index contributed by atoms with van der Waals surface area (Å²) in [5.74, 6) is -0.327. The van der Waals surface area contributed by atoms with Crippen LogP contribution in [0.3, 0.4) is 0 Å². The minimum Gasteiger partial charge on any atom is -0.495 e. The van der Waals surface area contributed by atoms with Gasteiger partial charge < -0.3 is 19.3 Å². The van der Waals surface area contributed by atoms with Crippen LogP contribution in [0.4, 0.5) is 10.1 Å². The van der Waals surface area contributed by atoms with Crippen LogP contribution in [0, 0.1) is 18.7 Å². The lowest BCUT2D eigenvalue weighted by Crippen LogP contribution is -2.41. The molecule has 1 fully saturated rings. The Bertz CT molecular complexity index is 1470. The Balaban J connectivity index is 1.46. The van der Waals surface area contributed by atoms with Crippen molar-refractivity contribution < 1.29 is 31.6 Å². The number of aryl methyl sites for hydroxylation is 1. The van der Waals surface area contributed by atoms with Gasteiger partial charge in [-0.1, -0.05) is 35.0 Å². The van der Waals surface area contributed by atoms with Crippen LogP contribution in [0.2, 0.25) is 5.02 Å². The normalized spacial score (nSPS) is 15.1. The molecule has 0 aliphatic carbocycles. The number of piperidine rings is 1. The molecule has 9 nitrogen and oxygen atoms in total. The van der Waals surface area contributed by atoms with Crippen LogP contribution in [0.15, 0.2) is 45.8 Å². The summed E-state index contributed by atoms with van der Waals surface area (Å²) in [6, 6.07) is 9.23. The van der Waals surface area contributed by atoms with Gasteiger partial charge in [0.1, 0.15) is 23.0 Å². The average Bonchev–Trinajstić information content (AvgIpc) is 3.29. The zero-order valence-corrected chi connectivity index (χ0v) is 22.6. The summed E-state index contributed by atoms with van der Waals surface area (Å²) in [7, 11) is -1.03. The van der Waals surface area contributed by atoms with Gasteiger partial charge in [-0.2, -0.15) is 4.31 Å². The third kappa shape index (κ3) is 5.69. The molecule has 1 saturated heterocycles. The summed E-state index contributed by atoms with van der Waals surface area (Å²) in [6.45, 7) is 1.79. The van der Waals surface area contributed by atoms with E-state index in [2.05, 4.69) is 10.5 Å². The standard InChI is InChI=1S/C26H27ClFN3O6S/c1-16-25(22(37-30-16)9-8-17-6-4-5-7-20(17)28)38(33,34)31-12-10-18(11-13-31)26(32)29-21-14-19(27)23(35-2)15-24(21)36-3/h4-9,14-15,18H,10-13H2,1-3H3,(H,29,32). The van der Waals surface area contributed by atoms with Crippen LogP contribution in [-0.2, 0) is 14.8 Å². The largest absolute Gasteiger partial charge is 0.495 e. The number of hydrogen-bond acceptors (Lipinski definition) is 7. The molecule has 0 atom stereocenters. The van der Waals surface area contributed by atoms with Crippen molar-refractivity contribution >= 4 is 45.4 Å². The number of methoxy groups -OCH3 is 2. The maximum Gasteiger partial charge on any atom is 0.248 e. The lowest BCUT2D eigenvalue weighted by Gasteiger charge is -2.30. The quantitative estimate of drug-likeness (QED) is 0.410. The fourth-order valence-electron chi connectivity index (χ4n) is 4.25. The summed E-state index contributed by atoms with van der Waals surface area (Å²) in [5.41, 5.74) is 0.873. The first kappa shape index (κ1) is 27.6. The number of carbonyl (C=O) groups is 1. The summed E-state index contributed by atoms with van der Waals surface area (Å²) in [5, 5.41) is 6.95. The van der Waals surface area contributed by atoms with Crippen LogP contribution in [-0.4, -0.2) is 51.1 Å². The zero-order valence-electron chi connectivity index (χ0n) is 21.0. The van der Waals surface area contributed by atoms with Gasteiger partial charge >= 0.3 is 0 Å². The van der Waals surface area contributed by atoms with E-state index in [1.54, 1.807) is 30.3 Å². The Morgan fingerprint density at radius 3 is 2.50 bits per heavy atom. The van der Waals surface area contributed by atoms with Crippen molar-refractivity contribution in [1.82, 2.24) is 9.46 Å². The van der Waals surface area contributed by atoms with E-state index in [0.29, 0.717) is 35.1 Å². The van der Waals surface area contributed by atoms with Gasteiger partial charge in [-0.25, -0.2) is 12.8 Å². The molecule has 1 amide bonds. The molecule has 0 bridgehead atoms. The fourth-order valence-corrected chi connectivity index (χ4v) is 6.22. The number of benzene rings is 2. The third-order valence-electron chi connectivity index (χ3n) is 6.31. The molecule has 0 spiro atoms. The smallest absolute Gasteiger partial charge is 0.248 e. The van der Waals surface area contributed by atoms with Gasteiger partial charge in [0.15, 0.2) is 10.7 Å². The molecule has 0 saturated carbocycles. The highest BCUT2D eigenvalue weighted by atomic mass is 35.5. The van der Waals surface area contributed by atoms with E-state index in [1.165, 1.54) is 43.7 Å². The van der Waals surface area contributed by atoms with Crippen LogP contribution >= 0.6 is 11.6 Å². The second kappa shape index (κ2) is 11.5. The molecular weight excluding hydrogens is 537 g/mol. The SMILES string of the molecule is COc1cc(OC)c(NC(=O)C2CCN(S(=O)(=O)c3c(C)noc3C=Cc3ccccc3F)CC2)cc1Cl. The number of carbonyl (C=O) groups excluding carboxylic acids is 1. The number of nitrogens with zero attached hydrogens (tertiary/aromatic N) is 2. The van der Waals surface area contributed by atoms with Gasteiger partial charge in [0.25, 0.3) is 0 Å². The Kier molecular flexibility index (Phi) is 8.39. The molecule has 1 aliphatic heterocycles. The molecule has 1 aromatic heterocycles. The van der Waals surface area contributed by atoms with Crippen LogP contribution < -0.4 is 14.8 Å². The molecule has 38 heavy (non-hydrogen) atoms. The van der Waals surface area contributed by atoms with Crippen molar-refractivity contribution in [2.24, 2.45) is 5.92 Å². The van der Waals surface area contributed by atoms with Crippen molar-refractivity contribution in [3.63, 3.8) is 0 Å². The van der Waals surface area contributed by atoms with E-state index in [9.17, 15) is 17.6 Å². The minimum atomic E-state index is -3.98. The topological polar surface area (TPSA) is 111 Å². The number of anilines is 1. The minimum absolute atomic E-state index is 0.00843. The molecule has 0 radical (unpaired) electrons. The van der Waals surface area contributed by atoms with Gasteiger partial charge in [-0.3, -0.25) is 4.79 Å². The van der Waals surface area contributed by atoms with Gasteiger partial charge in [-0.15, -0.1) is 0 Å². The number of rotatable bonds is 8. The van der Waals surface area contributed by atoms with Gasteiger partial charge in [-0.05, 0) is 44.1 Å². The number of ether oxygens (including phenoxy) is 2. The van der Waals surface area contributed by atoms with E-state index in [1.807, 2.05) is 0 Å². The summed E-state index contributed by atoms with van der Waals surface area (Å²) in [6.07, 6.45) is 3.44. The highest BCUT2D eigenvalue weighted by molar-refractivity contribution is 7.89. The highest BCUT2D eigenvalue weighted by Crippen LogP contribution is 2.37. The molecule has 1 aliphatic rings. The third-order valence-corrected chi connectivity index (χ3v) is 8.66. The second-order valence-electron chi connectivity index (χ2n) is 8.67. The van der Waals surface area contributed by atoms with Gasteiger partial charge in [0.2, 0.25) is 15.9 Å². The second-order valence-corrected chi connectivity index (χ2v) is 11.0. The number of amides is 1. The molecule has 12 heteroatoms. The summed E-state index contributed by atoms with van der Waals surface area (Å²) in [4.78, 5) is 12.9. The van der Waals surface area contributed by atoms with Crippen molar-refractivity contribution in [3.8, 4) is 11.5 Å². The van der Waals surface area contributed by atoms with Crippen molar-refractivity contribution in [1.29, 1.82) is 0 Å². The van der Waals surface area contributed by atoms with E-state index in [0.717, 1.165) is 0 Å². The highest BCUT2D eigenvalue weighted by Gasteiger charge is 2.36. The monoisotopic (exact) mass is 563 g/mol. The summed E-state index contributed by atoms with van der Waals surface area (Å²) < 4.78 is 58.0. The Hall–Kier alpha value is -3.41. The molecule has 2 aromatic carbocycles. The van der Waals surface area contributed by atoms with E-state index in [-0.39, 0.29) is 40.9 Å². The molecule has 3 aromatic rings. The van der Waals surface area contributed by atoms with Gasteiger partial charge in [0, 0.05) is 30.6 Å². The molecule has 4 rings (SSSR count). The predicted molar refractivity (Wildman–Crippen MR) is 141 cm³/mol. The Labute approximate surface area is 225 Å². The molecule has 2 heterocycles. The van der Waals surface area contributed by atoms with Crippen molar-refractivity contribution in [2.75, 3.05) is 32.6 Å². The first-order valence-corrected chi connectivity index (χ1v) is 13.6. The number of aromatic nitrogens is 1. The first-order chi connectivity index (χ1) is 18.1. The van der Waals surface area contributed by atoms with Crippen LogP contribution in [0.25, 0.3) is 12.2 Å². The predicted octanol–water partition coefficient (Wildman–Crippen LogP) is 5.00. The van der Waals surface area contributed by atoms with Crippen LogP contribution in [0.1, 0.15) is 29.9 Å². The molecule has 0 unspecified atom stereocenters. The lowest BCUT2D eigenvalue weighted by molar-refractivity contribution is -0.120. The van der Waals surface area contributed by atoms with E-state index in [4.69, 9.17) is 25.6 Å². The lowest BCUT2D eigenvalue weighted by atomic mass is 9.97. The van der Waals surface area contributed by atoms with Crippen molar-refractivity contribution in [2.45, 2.75) is 24.7 Å². The van der Waals surface area contributed by atoms with Gasteiger partial charge in [0.05, 0.1) is 24.9 Å². The number of halogens is 2. The van der Waals surface area contributed by atoms with Crippen LogP contribution in [0.5, 0.6) is 11.5 Å². The Morgan fingerprint density at radius 2 is 1.84 bits per heavy atom. The Morgan fingerprint density at radius 1 is 1.16 bits per heavy atom. The summed E-state index contributed by atoms with van der Waals surface area (Å²) >= 11 is 6.19. The first-order valence-electron chi connectivity index (χ1n) is 11.8. The van der Waals surface area contributed by atoms with E-state index >= 15 is 0 Å². The average molecular weight is 564 g/mol. The number of hydrogen-bond donors (Lipinski definition) is 1. The van der Waals surface area contributed by atoms with E-state index < -0.39 is 21.8 Å².